The molecular weight excluding hydrogens is 440 g/mol. The van der Waals surface area contributed by atoms with Crippen LogP contribution in [0.5, 0.6) is 0 Å². The number of methoxy groups -OCH3 is 1. The van der Waals surface area contributed by atoms with Gasteiger partial charge in [-0.15, -0.1) is 10.2 Å². The topological polar surface area (TPSA) is 79.3 Å². The van der Waals surface area contributed by atoms with Crippen molar-refractivity contribution in [3.8, 4) is 17.1 Å². The van der Waals surface area contributed by atoms with Crippen LogP contribution in [0, 0.1) is 6.92 Å². The molecule has 0 N–H and O–H groups in total. The molecule has 9 heteroatoms. The van der Waals surface area contributed by atoms with Crippen molar-refractivity contribution < 1.29 is 9.47 Å². The fourth-order valence-electron chi connectivity index (χ4n) is 4.36. The zero-order chi connectivity index (χ0) is 22.5. The van der Waals surface area contributed by atoms with Crippen molar-refractivity contribution >= 4 is 17.5 Å². The molecule has 4 heterocycles. The SMILES string of the molecule is COCc1nnc2n1Cc1c(C3=N[C@@H](c4ccc(C)cc4)CO3)ncn1-c1ccc(Cl)cc1-2. The quantitative estimate of drug-likeness (QED) is 0.403. The van der Waals surface area contributed by atoms with Crippen molar-refractivity contribution in [3.63, 3.8) is 0 Å². The fraction of sp³-hybridized carbons (Fsp3) is 0.250. The summed E-state index contributed by atoms with van der Waals surface area (Å²) in [5.74, 6) is 2.02. The number of benzene rings is 2. The van der Waals surface area contributed by atoms with Gasteiger partial charge in [-0.25, -0.2) is 9.98 Å². The molecule has 0 saturated carbocycles. The van der Waals surface area contributed by atoms with Crippen molar-refractivity contribution in [2.24, 2.45) is 4.99 Å². The molecule has 0 amide bonds. The molecule has 2 aliphatic rings. The third-order valence-electron chi connectivity index (χ3n) is 6.05. The van der Waals surface area contributed by atoms with Gasteiger partial charge in [-0.3, -0.25) is 4.57 Å². The number of ether oxygens (including phenoxy) is 2. The van der Waals surface area contributed by atoms with Crippen molar-refractivity contribution in [2.45, 2.75) is 26.1 Å². The van der Waals surface area contributed by atoms with Crippen LogP contribution in [0.25, 0.3) is 17.1 Å². The van der Waals surface area contributed by atoms with Crippen LogP contribution in [0.15, 0.2) is 53.8 Å². The number of halogens is 1. The number of hydrogen-bond acceptors (Lipinski definition) is 6. The van der Waals surface area contributed by atoms with E-state index >= 15 is 0 Å². The van der Waals surface area contributed by atoms with Gasteiger partial charge < -0.3 is 14.0 Å². The second-order valence-corrected chi connectivity index (χ2v) is 8.64. The van der Waals surface area contributed by atoms with E-state index in [9.17, 15) is 0 Å². The van der Waals surface area contributed by atoms with Crippen LogP contribution in [0.4, 0.5) is 0 Å². The molecule has 0 bridgehead atoms. The van der Waals surface area contributed by atoms with E-state index in [4.69, 9.17) is 31.1 Å². The van der Waals surface area contributed by atoms with Gasteiger partial charge in [0.2, 0.25) is 5.90 Å². The zero-order valence-corrected chi connectivity index (χ0v) is 19.0. The molecule has 8 nitrogen and oxygen atoms in total. The van der Waals surface area contributed by atoms with E-state index in [1.165, 1.54) is 5.56 Å². The lowest BCUT2D eigenvalue weighted by molar-refractivity contribution is 0.174. The molecule has 2 aromatic carbocycles. The molecular formula is C24H21ClN6O2. The van der Waals surface area contributed by atoms with Gasteiger partial charge in [-0.2, -0.15) is 0 Å². The lowest BCUT2D eigenvalue weighted by Crippen LogP contribution is -2.13. The lowest BCUT2D eigenvalue weighted by atomic mass is 10.1. The number of rotatable bonds is 4. The summed E-state index contributed by atoms with van der Waals surface area (Å²) in [5.41, 5.74) is 5.82. The van der Waals surface area contributed by atoms with Crippen molar-refractivity contribution in [1.29, 1.82) is 0 Å². The largest absolute Gasteiger partial charge is 0.474 e. The summed E-state index contributed by atoms with van der Waals surface area (Å²) in [4.78, 5) is 9.58. The van der Waals surface area contributed by atoms with Gasteiger partial charge >= 0.3 is 0 Å². The first-order chi connectivity index (χ1) is 16.1. The summed E-state index contributed by atoms with van der Waals surface area (Å²) in [7, 11) is 1.64. The third kappa shape index (κ3) is 3.34. The van der Waals surface area contributed by atoms with E-state index in [0.29, 0.717) is 30.7 Å². The minimum Gasteiger partial charge on any atom is -0.474 e. The highest BCUT2D eigenvalue weighted by Crippen LogP contribution is 2.35. The van der Waals surface area contributed by atoms with Crippen LogP contribution in [0.2, 0.25) is 5.02 Å². The Labute approximate surface area is 195 Å². The highest BCUT2D eigenvalue weighted by molar-refractivity contribution is 6.31. The van der Waals surface area contributed by atoms with Crippen molar-refractivity contribution in [3.05, 3.63) is 82.2 Å². The first kappa shape index (κ1) is 20.1. The first-order valence-electron chi connectivity index (χ1n) is 10.7. The third-order valence-corrected chi connectivity index (χ3v) is 6.29. The van der Waals surface area contributed by atoms with E-state index in [-0.39, 0.29) is 6.04 Å². The zero-order valence-electron chi connectivity index (χ0n) is 18.2. The maximum Gasteiger partial charge on any atom is 0.238 e. The molecule has 0 radical (unpaired) electrons. The minimum atomic E-state index is -0.0515. The molecule has 166 valence electrons. The predicted molar refractivity (Wildman–Crippen MR) is 124 cm³/mol. The van der Waals surface area contributed by atoms with Crippen LogP contribution in [0.1, 0.15) is 34.4 Å². The molecule has 2 aromatic heterocycles. The summed E-state index contributed by atoms with van der Waals surface area (Å²) >= 11 is 6.34. The highest BCUT2D eigenvalue weighted by Gasteiger charge is 2.30. The maximum absolute atomic E-state index is 6.34. The predicted octanol–water partition coefficient (Wildman–Crippen LogP) is 4.12. The van der Waals surface area contributed by atoms with Gasteiger partial charge in [0.1, 0.15) is 31.3 Å². The van der Waals surface area contributed by atoms with Crippen LogP contribution >= 0.6 is 11.6 Å². The minimum absolute atomic E-state index is 0.0515. The molecule has 0 aliphatic carbocycles. The average Bonchev–Trinajstić information content (AvgIpc) is 3.53. The number of aryl methyl sites for hydroxylation is 1. The van der Waals surface area contributed by atoms with Gasteiger partial charge in [-0.1, -0.05) is 41.4 Å². The molecule has 0 unspecified atom stereocenters. The monoisotopic (exact) mass is 460 g/mol. The Morgan fingerprint density at radius 2 is 2.00 bits per heavy atom. The summed E-state index contributed by atoms with van der Waals surface area (Å²) in [6.45, 7) is 3.41. The fourth-order valence-corrected chi connectivity index (χ4v) is 4.53. The smallest absolute Gasteiger partial charge is 0.238 e. The summed E-state index contributed by atoms with van der Waals surface area (Å²) in [5, 5.41) is 9.43. The number of hydrogen-bond donors (Lipinski definition) is 0. The molecule has 0 fully saturated rings. The van der Waals surface area contributed by atoms with Crippen LogP contribution < -0.4 is 0 Å². The molecule has 0 spiro atoms. The average molecular weight is 461 g/mol. The molecule has 4 aromatic rings. The van der Waals surface area contributed by atoms with Gasteiger partial charge in [0.25, 0.3) is 0 Å². The number of aromatic nitrogens is 5. The van der Waals surface area contributed by atoms with E-state index in [0.717, 1.165) is 39.9 Å². The van der Waals surface area contributed by atoms with E-state index in [1.54, 1.807) is 13.4 Å². The first-order valence-corrected chi connectivity index (χ1v) is 11.0. The molecule has 33 heavy (non-hydrogen) atoms. The van der Waals surface area contributed by atoms with E-state index in [1.807, 2.05) is 22.8 Å². The Kier molecular flexibility index (Phi) is 4.78. The van der Waals surface area contributed by atoms with Gasteiger partial charge in [0.05, 0.1) is 17.9 Å². The normalized spacial score (nSPS) is 16.5. The number of aliphatic imine (C=N–C) groups is 1. The lowest BCUT2D eigenvalue weighted by Gasteiger charge is -2.09. The Morgan fingerprint density at radius 3 is 2.82 bits per heavy atom. The molecule has 6 rings (SSSR count). The Balaban J connectivity index is 1.47. The number of imidazole rings is 1. The van der Waals surface area contributed by atoms with Crippen LogP contribution in [0.3, 0.4) is 0 Å². The van der Waals surface area contributed by atoms with Gasteiger partial charge in [0, 0.05) is 17.7 Å². The second-order valence-electron chi connectivity index (χ2n) is 8.20. The Morgan fingerprint density at radius 1 is 1.15 bits per heavy atom. The number of nitrogens with zero attached hydrogens (tertiary/aromatic N) is 6. The Hall–Kier alpha value is -3.49. The van der Waals surface area contributed by atoms with Gasteiger partial charge in [0.15, 0.2) is 11.6 Å². The molecule has 1 atom stereocenters. The van der Waals surface area contributed by atoms with E-state index in [2.05, 4.69) is 46.0 Å². The number of fused-ring (bicyclic) bond motifs is 5. The molecule has 2 aliphatic heterocycles. The van der Waals surface area contributed by atoms with Crippen molar-refractivity contribution in [2.75, 3.05) is 13.7 Å². The Bertz CT molecular complexity index is 1390. The van der Waals surface area contributed by atoms with Crippen LogP contribution in [-0.4, -0.2) is 43.9 Å². The summed E-state index contributed by atoms with van der Waals surface area (Å²) < 4.78 is 15.5. The molecule has 0 saturated heterocycles. The van der Waals surface area contributed by atoms with Crippen LogP contribution in [-0.2, 0) is 22.6 Å². The van der Waals surface area contributed by atoms with E-state index < -0.39 is 0 Å². The standard InChI is InChI=1S/C24H21ClN6O2/c1-14-3-5-15(6-4-14)18-11-33-24(27-18)22-20-10-30-21(12-32-2)28-29-23(30)17-9-16(25)7-8-19(17)31(20)13-26-22/h3-9,13,18H,10-12H2,1-2H3/t18-/m1/s1. The van der Waals surface area contributed by atoms with Crippen molar-refractivity contribution in [1.82, 2.24) is 24.3 Å². The summed E-state index contributed by atoms with van der Waals surface area (Å²) in [6.07, 6.45) is 1.80. The van der Waals surface area contributed by atoms with Gasteiger partial charge in [-0.05, 0) is 30.7 Å². The second kappa shape index (κ2) is 7.83. The highest BCUT2D eigenvalue weighted by atomic mass is 35.5. The maximum atomic E-state index is 6.34. The summed E-state index contributed by atoms with van der Waals surface area (Å²) in [6, 6.07) is 14.1.